The van der Waals surface area contributed by atoms with Crippen LogP contribution < -0.4 is 4.90 Å². The lowest BCUT2D eigenvalue weighted by atomic mass is 9.88. The molecule has 0 bridgehead atoms. The van der Waals surface area contributed by atoms with E-state index in [-0.39, 0.29) is 11.8 Å². The van der Waals surface area contributed by atoms with Gasteiger partial charge in [-0.2, -0.15) is 0 Å². The summed E-state index contributed by atoms with van der Waals surface area (Å²) in [6, 6.07) is 14.0. The first-order chi connectivity index (χ1) is 11.6. The number of nitrogens with zero attached hydrogens (tertiary/aromatic N) is 3. The Labute approximate surface area is 141 Å². The summed E-state index contributed by atoms with van der Waals surface area (Å²) in [5.41, 5.74) is 5.48. The molecule has 2 heterocycles. The molecule has 4 rings (SSSR count). The molecule has 0 spiro atoms. The van der Waals surface area contributed by atoms with E-state index in [9.17, 15) is 4.79 Å². The molecule has 1 unspecified atom stereocenters. The minimum Gasteiger partial charge on any atom is -0.315 e. The van der Waals surface area contributed by atoms with Crippen LogP contribution in [-0.2, 0) is 17.6 Å². The van der Waals surface area contributed by atoms with Crippen molar-refractivity contribution in [3.63, 3.8) is 0 Å². The summed E-state index contributed by atoms with van der Waals surface area (Å²) in [6.07, 6.45) is 4.57. The van der Waals surface area contributed by atoms with Gasteiger partial charge in [0.25, 0.3) is 0 Å². The molecule has 122 valence electrons. The van der Waals surface area contributed by atoms with Crippen molar-refractivity contribution >= 4 is 17.2 Å². The maximum absolute atomic E-state index is 12.9. The topological polar surface area (TPSA) is 37.6 Å². The number of aryl methyl sites for hydroxylation is 2. The molecular weight excluding hydrogens is 298 g/mol. The van der Waals surface area contributed by atoms with Gasteiger partial charge in [-0.1, -0.05) is 18.2 Å². The first-order valence-electron chi connectivity index (χ1n) is 8.42. The molecule has 24 heavy (non-hydrogen) atoms. The number of aromatic nitrogens is 2. The Morgan fingerprint density at radius 2 is 2.04 bits per heavy atom. The fourth-order valence-corrected chi connectivity index (χ4v) is 3.57. The van der Waals surface area contributed by atoms with Gasteiger partial charge in [-0.05, 0) is 49.6 Å². The molecule has 0 radical (unpaired) electrons. The van der Waals surface area contributed by atoms with Gasteiger partial charge < -0.3 is 9.30 Å². The van der Waals surface area contributed by atoms with Crippen molar-refractivity contribution in [1.82, 2.24) is 9.38 Å². The lowest BCUT2D eigenvalue weighted by Crippen LogP contribution is -2.36. The molecule has 4 heteroatoms. The van der Waals surface area contributed by atoms with Crippen molar-refractivity contribution in [1.29, 1.82) is 0 Å². The standard InChI is InChI=1S/C20H21N3O/c1-14-10-11-23-18-13-15(8-9-17(18)21-19(23)12-14)20(24)22(2)16-6-4-3-5-7-16/h3-7,10-12,15H,8-9,13H2,1-2H3. The van der Waals surface area contributed by atoms with Gasteiger partial charge in [0, 0.05) is 37.0 Å². The van der Waals surface area contributed by atoms with E-state index in [0.29, 0.717) is 0 Å². The third-order valence-electron chi connectivity index (χ3n) is 4.96. The predicted octanol–water partition coefficient (Wildman–Crippen LogP) is 3.41. The van der Waals surface area contributed by atoms with Crippen LogP contribution in [0.25, 0.3) is 5.65 Å². The molecule has 1 atom stereocenters. The van der Waals surface area contributed by atoms with Crippen LogP contribution >= 0.6 is 0 Å². The van der Waals surface area contributed by atoms with E-state index in [1.807, 2.05) is 37.4 Å². The Hall–Kier alpha value is -2.62. The summed E-state index contributed by atoms with van der Waals surface area (Å²) in [5, 5.41) is 0. The maximum atomic E-state index is 12.9. The van der Waals surface area contributed by atoms with E-state index in [1.165, 1.54) is 11.3 Å². The summed E-state index contributed by atoms with van der Waals surface area (Å²) in [5.74, 6) is 0.206. The molecule has 0 saturated heterocycles. The van der Waals surface area contributed by atoms with E-state index in [2.05, 4.69) is 29.7 Å². The monoisotopic (exact) mass is 319 g/mol. The van der Waals surface area contributed by atoms with Crippen molar-refractivity contribution in [2.75, 3.05) is 11.9 Å². The van der Waals surface area contributed by atoms with Crippen LogP contribution in [0.15, 0.2) is 48.7 Å². The van der Waals surface area contributed by atoms with Gasteiger partial charge in [-0.15, -0.1) is 0 Å². The molecule has 3 aromatic rings. The number of imidazole rings is 1. The van der Waals surface area contributed by atoms with Gasteiger partial charge >= 0.3 is 0 Å². The molecule has 1 amide bonds. The Kier molecular flexibility index (Phi) is 3.60. The second-order valence-electron chi connectivity index (χ2n) is 6.61. The number of hydrogen-bond donors (Lipinski definition) is 0. The summed E-state index contributed by atoms with van der Waals surface area (Å²) in [4.78, 5) is 19.4. The molecule has 0 saturated carbocycles. The Morgan fingerprint density at radius 3 is 2.83 bits per heavy atom. The normalized spacial score (nSPS) is 16.8. The van der Waals surface area contributed by atoms with Gasteiger partial charge in [0.05, 0.1) is 5.69 Å². The summed E-state index contributed by atoms with van der Waals surface area (Å²) in [6.45, 7) is 2.08. The van der Waals surface area contributed by atoms with Crippen LogP contribution in [0, 0.1) is 12.8 Å². The first-order valence-corrected chi connectivity index (χ1v) is 8.42. The Balaban J connectivity index is 1.62. The zero-order valence-corrected chi connectivity index (χ0v) is 14.1. The van der Waals surface area contributed by atoms with E-state index < -0.39 is 0 Å². The number of amides is 1. The summed E-state index contributed by atoms with van der Waals surface area (Å²) < 4.78 is 2.14. The van der Waals surface area contributed by atoms with Crippen LogP contribution in [0.2, 0.25) is 0 Å². The quantitative estimate of drug-likeness (QED) is 0.726. The summed E-state index contributed by atoms with van der Waals surface area (Å²) in [7, 11) is 1.87. The minimum absolute atomic E-state index is 0.0175. The molecule has 1 aliphatic carbocycles. The van der Waals surface area contributed by atoms with Gasteiger partial charge in [0.15, 0.2) is 0 Å². The zero-order chi connectivity index (χ0) is 16.7. The number of anilines is 1. The zero-order valence-electron chi connectivity index (χ0n) is 14.1. The number of fused-ring (bicyclic) bond motifs is 3. The number of pyridine rings is 1. The fraction of sp³-hybridized carbons (Fsp3) is 0.300. The number of hydrogen-bond acceptors (Lipinski definition) is 2. The van der Waals surface area contributed by atoms with Crippen LogP contribution in [0.3, 0.4) is 0 Å². The number of carbonyl (C=O) groups is 1. The van der Waals surface area contributed by atoms with Crippen LogP contribution in [0.1, 0.15) is 23.4 Å². The third kappa shape index (κ3) is 2.48. The van der Waals surface area contributed by atoms with Crippen molar-refractivity contribution < 1.29 is 4.79 Å². The second-order valence-corrected chi connectivity index (χ2v) is 6.61. The predicted molar refractivity (Wildman–Crippen MR) is 95.3 cm³/mol. The van der Waals surface area contributed by atoms with Crippen molar-refractivity contribution in [3.8, 4) is 0 Å². The molecule has 2 aromatic heterocycles. The summed E-state index contributed by atoms with van der Waals surface area (Å²) >= 11 is 0. The fourth-order valence-electron chi connectivity index (χ4n) is 3.57. The first kappa shape index (κ1) is 14.9. The van der Waals surface area contributed by atoms with E-state index in [0.717, 1.165) is 36.3 Å². The van der Waals surface area contributed by atoms with Crippen LogP contribution in [0.5, 0.6) is 0 Å². The van der Waals surface area contributed by atoms with E-state index >= 15 is 0 Å². The highest BCUT2D eigenvalue weighted by Gasteiger charge is 2.30. The number of para-hydroxylation sites is 1. The SMILES string of the molecule is Cc1ccn2c3c(nc2c1)CCC(C(=O)N(C)c1ccccc1)C3. The van der Waals surface area contributed by atoms with Crippen molar-refractivity contribution in [2.45, 2.75) is 26.2 Å². The number of rotatable bonds is 2. The van der Waals surface area contributed by atoms with Gasteiger partial charge in [-0.25, -0.2) is 4.98 Å². The highest BCUT2D eigenvalue weighted by molar-refractivity contribution is 5.94. The lowest BCUT2D eigenvalue weighted by Gasteiger charge is -2.26. The van der Waals surface area contributed by atoms with Gasteiger partial charge in [0.2, 0.25) is 5.91 Å². The van der Waals surface area contributed by atoms with Gasteiger partial charge in [0.1, 0.15) is 5.65 Å². The van der Waals surface area contributed by atoms with Gasteiger partial charge in [-0.3, -0.25) is 4.79 Å². The lowest BCUT2D eigenvalue weighted by molar-refractivity contribution is -0.122. The molecule has 4 nitrogen and oxygen atoms in total. The molecule has 1 aromatic carbocycles. The number of carbonyl (C=O) groups excluding carboxylic acids is 1. The smallest absolute Gasteiger partial charge is 0.230 e. The average molecular weight is 319 g/mol. The third-order valence-corrected chi connectivity index (χ3v) is 4.96. The average Bonchev–Trinajstić information content (AvgIpc) is 2.97. The van der Waals surface area contributed by atoms with E-state index in [4.69, 9.17) is 4.98 Å². The molecular formula is C20H21N3O. The second kappa shape index (κ2) is 5.78. The Bertz CT molecular complexity index is 898. The molecule has 0 aliphatic heterocycles. The highest BCUT2D eigenvalue weighted by Crippen LogP contribution is 2.28. The number of benzene rings is 1. The highest BCUT2D eigenvalue weighted by atomic mass is 16.2. The van der Waals surface area contributed by atoms with E-state index in [1.54, 1.807) is 4.90 Å². The maximum Gasteiger partial charge on any atom is 0.230 e. The van der Waals surface area contributed by atoms with Crippen LogP contribution in [0.4, 0.5) is 5.69 Å². The van der Waals surface area contributed by atoms with Crippen molar-refractivity contribution in [3.05, 3.63) is 65.6 Å². The Morgan fingerprint density at radius 1 is 1.25 bits per heavy atom. The molecule has 1 aliphatic rings. The van der Waals surface area contributed by atoms with Crippen LogP contribution in [-0.4, -0.2) is 22.3 Å². The molecule has 0 fully saturated rings. The molecule has 0 N–H and O–H groups in total. The largest absolute Gasteiger partial charge is 0.315 e. The minimum atomic E-state index is 0.0175. The van der Waals surface area contributed by atoms with Crippen molar-refractivity contribution in [2.24, 2.45) is 5.92 Å².